The van der Waals surface area contributed by atoms with Crippen molar-refractivity contribution in [1.29, 1.82) is 0 Å². The highest BCUT2D eigenvalue weighted by Crippen LogP contribution is 2.22. The van der Waals surface area contributed by atoms with Crippen LogP contribution in [0.5, 0.6) is 0 Å². The van der Waals surface area contributed by atoms with Crippen LogP contribution >= 0.6 is 23.2 Å². The lowest BCUT2D eigenvalue weighted by Gasteiger charge is -2.01. The molecule has 1 aromatic heterocycles. The fraction of sp³-hybridized carbons (Fsp3) is 0.0556. The molecular formula is C18H14Cl2N4O. The molecule has 0 spiro atoms. The van der Waals surface area contributed by atoms with Gasteiger partial charge >= 0.3 is 0 Å². The minimum absolute atomic E-state index is 0.359. The van der Waals surface area contributed by atoms with E-state index < -0.39 is 0 Å². The van der Waals surface area contributed by atoms with Gasteiger partial charge in [0.15, 0.2) is 0 Å². The molecule has 2 N–H and O–H groups in total. The number of carbonyl (C=O) groups excluding carboxylic acids is 1. The fourth-order valence-electron chi connectivity index (χ4n) is 2.32. The monoisotopic (exact) mass is 372 g/mol. The Labute approximate surface area is 154 Å². The number of hydrogen-bond donors (Lipinski definition) is 2. The third-order valence-electron chi connectivity index (χ3n) is 3.62. The zero-order valence-electron chi connectivity index (χ0n) is 13.3. The van der Waals surface area contributed by atoms with Crippen molar-refractivity contribution in [2.24, 2.45) is 5.10 Å². The van der Waals surface area contributed by atoms with Crippen LogP contribution in [0.15, 0.2) is 53.6 Å². The first-order valence-corrected chi connectivity index (χ1v) is 8.20. The summed E-state index contributed by atoms with van der Waals surface area (Å²) >= 11 is 11.9. The molecule has 1 heterocycles. The molecule has 5 nitrogen and oxygen atoms in total. The molecule has 0 aliphatic heterocycles. The van der Waals surface area contributed by atoms with Crippen molar-refractivity contribution in [3.63, 3.8) is 0 Å². The summed E-state index contributed by atoms with van der Waals surface area (Å²) in [6.07, 6.45) is 1.46. The van der Waals surface area contributed by atoms with Gasteiger partial charge in [-0.1, -0.05) is 59.6 Å². The minimum atomic E-state index is -0.381. The number of benzene rings is 2. The number of rotatable bonds is 4. The number of nitrogens with zero attached hydrogens (tertiary/aromatic N) is 2. The molecule has 126 valence electrons. The molecule has 3 rings (SSSR count). The van der Waals surface area contributed by atoms with Gasteiger partial charge in [-0.15, -0.1) is 0 Å². The average molecular weight is 373 g/mol. The molecule has 0 aliphatic rings. The van der Waals surface area contributed by atoms with E-state index in [1.165, 1.54) is 6.21 Å². The maximum atomic E-state index is 12.3. The summed E-state index contributed by atoms with van der Waals surface area (Å²) in [5, 5.41) is 11.9. The minimum Gasteiger partial charge on any atom is -0.272 e. The molecule has 7 heteroatoms. The summed E-state index contributed by atoms with van der Waals surface area (Å²) in [5.74, 6) is -0.381. The number of nitrogens with one attached hydrogen (secondary N) is 2. The van der Waals surface area contributed by atoms with Crippen LogP contribution in [0.1, 0.15) is 21.6 Å². The van der Waals surface area contributed by atoms with E-state index in [9.17, 15) is 4.79 Å². The molecule has 0 fully saturated rings. The summed E-state index contributed by atoms with van der Waals surface area (Å²) in [4.78, 5) is 12.3. The lowest BCUT2D eigenvalue weighted by atomic mass is 10.1. The van der Waals surface area contributed by atoms with Crippen molar-refractivity contribution in [1.82, 2.24) is 15.6 Å². The first-order chi connectivity index (χ1) is 12.1. The predicted octanol–water partition coefficient (Wildman–Crippen LogP) is 4.46. The van der Waals surface area contributed by atoms with E-state index in [1.54, 1.807) is 18.2 Å². The number of carbonyl (C=O) groups is 1. The fourth-order valence-corrected chi connectivity index (χ4v) is 2.78. The summed E-state index contributed by atoms with van der Waals surface area (Å²) < 4.78 is 0. The summed E-state index contributed by atoms with van der Waals surface area (Å²) in [6, 6.07) is 14.7. The van der Waals surface area contributed by atoms with Crippen molar-refractivity contribution in [2.45, 2.75) is 6.92 Å². The Kier molecular flexibility index (Phi) is 5.16. The predicted molar refractivity (Wildman–Crippen MR) is 100 cm³/mol. The van der Waals surface area contributed by atoms with Crippen LogP contribution in [-0.2, 0) is 0 Å². The van der Waals surface area contributed by atoms with Gasteiger partial charge in [-0.05, 0) is 19.1 Å². The van der Waals surface area contributed by atoms with E-state index in [0.717, 1.165) is 16.8 Å². The Morgan fingerprint density at radius 2 is 1.96 bits per heavy atom. The molecule has 0 atom stereocenters. The maximum absolute atomic E-state index is 12.3. The second kappa shape index (κ2) is 7.51. The maximum Gasteiger partial charge on any atom is 0.289 e. The lowest BCUT2D eigenvalue weighted by molar-refractivity contribution is 0.0949. The van der Waals surface area contributed by atoms with Crippen molar-refractivity contribution >= 4 is 35.3 Å². The molecular weight excluding hydrogens is 359 g/mol. The molecule has 2 aromatic carbocycles. The number of hydrazone groups is 1. The standard InChI is InChI=1S/C18H14Cl2N4O/c1-11-16(12-5-3-2-4-6-12)22-23-17(11)18(25)24-21-10-13-7-8-14(19)9-15(13)20/h2-10H,1H3,(H,22,23)(H,24,25). The van der Waals surface area contributed by atoms with Crippen LogP contribution in [-0.4, -0.2) is 22.3 Å². The summed E-state index contributed by atoms with van der Waals surface area (Å²) in [5.41, 5.74) is 5.89. The van der Waals surface area contributed by atoms with Crippen LogP contribution in [0.2, 0.25) is 10.0 Å². The van der Waals surface area contributed by atoms with Crippen molar-refractivity contribution < 1.29 is 4.79 Å². The molecule has 0 radical (unpaired) electrons. The van der Waals surface area contributed by atoms with Gasteiger partial charge in [0.2, 0.25) is 0 Å². The number of aromatic nitrogens is 2. The van der Waals surface area contributed by atoms with Gasteiger partial charge < -0.3 is 0 Å². The number of amides is 1. The topological polar surface area (TPSA) is 70.1 Å². The number of aromatic amines is 1. The second-order valence-electron chi connectivity index (χ2n) is 5.30. The van der Waals surface area contributed by atoms with E-state index in [1.807, 2.05) is 37.3 Å². The van der Waals surface area contributed by atoms with Gasteiger partial charge in [-0.25, -0.2) is 5.43 Å². The van der Waals surface area contributed by atoms with E-state index in [2.05, 4.69) is 20.7 Å². The number of halogens is 2. The van der Waals surface area contributed by atoms with Gasteiger partial charge in [0, 0.05) is 21.7 Å². The quantitative estimate of drug-likeness (QED) is 0.524. The van der Waals surface area contributed by atoms with Gasteiger partial charge in [-0.3, -0.25) is 9.89 Å². The van der Waals surface area contributed by atoms with Crippen molar-refractivity contribution in [2.75, 3.05) is 0 Å². The molecule has 0 saturated heterocycles. The molecule has 25 heavy (non-hydrogen) atoms. The smallest absolute Gasteiger partial charge is 0.272 e. The number of H-pyrrole nitrogens is 1. The van der Waals surface area contributed by atoms with Crippen LogP contribution in [0.25, 0.3) is 11.3 Å². The van der Waals surface area contributed by atoms with Crippen LogP contribution in [0, 0.1) is 6.92 Å². The van der Waals surface area contributed by atoms with E-state index in [0.29, 0.717) is 21.3 Å². The summed E-state index contributed by atoms with van der Waals surface area (Å²) in [7, 11) is 0. The lowest BCUT2D eigenvalue weighted by Crippen LogP contribution is -2.19. The van der Waals surface area contributed by atoms with Gasteiger partial charge in [0.05, 0.1) is 16.9 Å². The second-order valence-corrected chi connectivity index (χ2v) is 6.15. The Hall–Kier alpha value is -2.63. The van der Waals surface area contributed by atoms with Crippen LogP contribution in [0.4, 0.5) is 0 Å². The highest BCUT2D eigenvalue weighted by molar-refractivity contribution is 6.36. The average Bonchev–Trinajstić information content (AvgIpc) is 2.99. The highest BCUT2D eigenvalue weighted by atomic mass is 35.5. The van der Waals surface area contributed by atoms with E-state index >= 15 is 0 Å². The van der Waals surface area contributed by atoms with E-state index in [-0.39, 0.29) is 5.91 Å². The Morgan fingerprint density at radius 1 is 1.20 bits per heavy atom. The zero-order valence-corrected chi connectivity index (χ0v) is 14.8. The Bertz CT molecular complexity index is 936. The Morgan fingerprint density at radius 3 is 2.68 bits per heavy atom. The third kappa shape index (κ3) is 3.90. The molecule has 0 bridgehead atoms. The van der Waals surface area contributed by atoms with E-state index in [4.69, 9.17) is 23.2 Å². The van der Waals surface area contributed by atoms with Gasteiger partial charge in [-0.2, -0.15) is 10.2 Å². The first kappa shape index (κ1) is 17.2. The van der Waals surface area contributed by atoms with Crippen molar-refractivity contribution in [3.8, 4) is 11.3 Å². The largest absolute Gasteiger partial charge is 0.289 e. The van der Waals surface area contributed by atoms with Crippen molar-refractivity contribution in [3.05, 3.63) is 75.4 Å². The first-order valence-electron chi connectivity index (χ1n) is 7.45. The van der Waals surface area contributed by atoms with Crippen LogP contribution in [0.3, 0.4) is 0 Å². The molecule has 0 aliphatic carbocycles. The highest BCUT2D eigenvalue weighted by Gasteiger charge is 2.16. The summed E-state index contributed by atoms with van der Waals surface area (Å²) in [6.45, 7) is 1.83. The van der Waals surface area contributed by atoms with Gasteiger partial charge in [0.1, 0.15) is 5.69 Å². The molecule has 3 aromatic rings. The third-order valence-corrected chi connectivity index (χ3v) is 4.18. The molecule has 0 saturated carbocycles. The SMILES string of the molecule is Cc1c(-c2ccccc2)n[nH]c1C(=O)NN=Cc1ccc(Cl)cc1Cl. The zero-order chi connectivity index (χ0) is 17.8. The number of hydrogen-bond acceptors (Lipinski definition) is 3. The van der Waals surface area contributed by atoms with Crippen LogP contribution < -0.4 is 5.43 Å². The molecule has 1 amide bonds. The van der Waals surface area contributed by atoms with Gasteiger partial charge in [0.25, 0.3) is 5.91 Å². The Balaban J connectivity index is 1.74. The molecule has 0 unspecified atom stereocenters. The normalized spacial score (nSPS) is 11.0.